The number of furan rings is 1. The van der Waals surface area contributed by atoms with Gasteiger partial charge in [-0.3, -0.25) is 0 Å². The van der Waals surface area contributed by atoms with Crippen molar-refractivity contribution in [1.29, 1.82) is 0 Å². The molecule has 3 N–H and O–H groups in total. The number of amides is 2. The van der Waals surface area contributed by atoms with Gasteiger partial charge in [-0.05, 0) is 49.6 Å². The Bertz CT molecular complexity index is 594. The number of anilines is 1. The molecule has 0 aliphatic heterocycles. The zero-order chi connectivity index (χ0) is 15.2. The first-order chi connectivity index (χ1) is 10.1. The van der Waals surface area contributed by atoms with Crippen molar-refractivity contribution in [3.8, 4) is 0 Å². The predicted octanol–water partition coefficient (Wildman–Crippen LogP) is 3.14. The smallest absolute Gasteiger partial charge is 0.319 e. The van der Waals surface area contributed by atoms with E-state index in [0.717, 1.165) is 11.3 Å². The van der Waals surface area contributed by atoms with Crippen molar-refractivity contribution in [3.63, 3.8) is 0 Å². The van der Waals surface area contributed by atoms with E-state index in [2.05, 4.69) is 10.6 Å². The Hall–Kier alpha value is -2.27. The molecular weight excluding hydrogens is 268 g/mol. The number of carbonyl (C=O) groups excluding carboxylic acids is 1. The molecule has 1 heterocycles. The van der Waals surface area contributed by atoms with Crippen molar-refractivity contribution in [2.24, 2.45) is 0 Å². The minimum atomic E-state index is -0.634. The Balaban J connectivity index is 1.76. The molecule has 0 saturated heterocycles. The zero-order valence-electron chi connectivity index (χ0n) is 12.2. The van der Waals surface area contributed by atoms with E-state index in [9.17, 15) is 9.90 Å². The van der Waals surface area contributed by atoms with Gasteiger partial charge in [-0.15, -0.1) is 0 Å². The lowest BCUT2D eigenvalue weighted by atomic mass is 10.1. The largest absolute Gasteiger partial charge is 0.472 e. The second kappa shape index (κ2) is 6.95. The Morgan fingerprint density at radius 3 is 2.76 bits per heavy atom. The van der Waals surface area contributed by atoms with Crippen molar-refractivity contribution < 1.29 is 14.3 Å². The fraction of sp³-hybridized carbons (Fsp3) is 0.312. The van der Waals surface area contributed by atoms with Gasteiger partial charge in [-0.2, -0.15) is 0 Å². The van der Waals surface area contributed by atoms with Crippen LogP contribution in [0.1, 0.15) is 29.2 Å². The molecule has 0 aliphatic carbocycles. The minimum Gasteiger partial charge on any atom is -0.472 e. The van der Waals surface area contributed by atoms with E-state index in [1.54, 1.807) is 6.07 Å². The van der Waals surface area contributed by atoms with E-state index in [0.29, 0.717) is 18.5 Å². The molecule has 5 nitrogen and oxygen atoms in total. The summed E-state index contributed by atoms with van der Waals surface area (Å²) in [6.45, 7) is 4.40. The maximum absolute atomic E-state index is 11.8. The summed E-state index contributed by atoms with van der Waals surface area (Å²) in [6, 6.07) is 7.18. The van der Waals surface area contributed by atoms with Gasteiger partial charge in [-0.25, -0.2) is 4.79 Å². The van der Waals surface area contributed by atoms with Crippen molar-refractivity contribution in [2.75, 3.05) is 11.9 Å². The number of rotatable bonds is 5. The number of nitrogens with one attached hydrogen (secondary N) is 2. The summed E-state index contributed by atoms with van der Waals surface area (Å²) in [7, 11) is 0. The van der Waals surface area contributed by atoms with Crippen LogP contribution in [0.15, 0.2) is 41.2 Å². The Kier molecular flexibility index (Phi) is 5.00. The molecule has 5 heteroatoms. The van der Waals surface area contributed by atoms with Gasteiger partial charge in [0, 0.05) is 17.8 Å². The number of carbonyl (C=O) groups is 1. The fourth-order valence-corrected chi connectivity index (χ4v) is 1.95. The van der Waals surface area contributed by atoms with Gasteiger partial charge in [0.2, 0.25) is 0 Å². The summed E-state index contributed by atoms with van der Waals surface area (Å²) in [4.78, 5) is 11.8. The SMILES string of the molecule is Cc1ccc(NC(=O)NCC[C@@H](O)c2ccoc2)cc1C. The summed E-state index contributed by atoms with van der Waals surface area (Å²) in [6.07, 6.45) is 2.81. The first kappa shape index (κ1) is 15.1. The predicted molar refractivity (Wildman–Crippen MR) is 81.2 cm³/mol. The molecule has 112 valence electrons. The lowest BCUT2D eigenvalue weighted by Crippen LogP contribution is -2.30. The number of benzene rings is 1. The van der Waals surface area contributed by atoms with Crippen LogP contribution in [0.4, 0.5) is 10.5 Å². The molecule has 0 radical (unpaired) electrons. The quantitative estimate of drug-likeness (QED) is 0.791. The van der Waals surface area contributed by atoms with E-state index in [1.165, 1.54) is 18.1 Å². The van der Waals surface area contributed by atoms with Crippen molar-refractivity contribution in [1.82, 2.24) is 5.32 Å². The molecule has 0 unspecified atom stereocenters. The molecule has 1 atom stereocenters. The number of aryl methyl sites for hydroxylation is 2. The number of hydrogen-bond donors (Lipinski definition) is 3. The molecule has 2 amide bonds. The Morgan fingerprint density at radius 2 is 2.10 bits per heavy atom. The highest BCUT2D eigenvalue weighted by Gasteiger charge is 2.09. The van der Waals surface area contributed by atoms with Gasteiger partial charge >= 0.3 is 6.03 Å². The van der Waals surface area contributed by atoms with Gasteiger partial charge < -0.3 is 20.2 Å². The fourth-order valence-electron chi connectivity index (χ4n) is 1.95. The van der Waals surface area contributed by atoms with Crippen LogP contribution in [-0.4, -0.2) is 17.7 Å². The van der Waals surface area contributed by atoms with Crippen LogP contribution in [0.5, 0.6) is 0 Å². The monoisotopic (exact) mass is 288 g/mol. The van der Waals surface area contributed by atoms with Crippen LogP contribution in [0.2, 0.25) is 0 Å². The van der Waals surface area contributed by atoms with Crippen LogP contribution in [-0.2, 0) is 0 Å². The minimum absolute atomic E-state index is 0.280. The van der Waals surface area contributed by atoms with Crippen LogP contribution >= 0.6 is 0 Å². The topological polar surface area (TPSA) is 74.5 Å². The third kappa shape index (κ3) is 4.36. The lowest BCUT2D eigenvalue weighted by Gasteiger charge is -2.11. The standard InChI is InChI=1S/C16H20N2O3/c1-11-3-4-14(9-12(11)2)18-16(20)17-7-5-15(19)13-6-8-21-10-13/h3-4,6,8-10,15,19H,5,7H2,1-2H3,(H2,17,18,20)/t15-/m1/s1. The highest BCUT2D eigenvalue weighted by molar-refractivity contribution is 5.89. The second-order valence-corrected chi connectivity index (χ2v) is 5.04. The Labute approximate surface area is 124 Å². The highest BCUT2D eigenvalue weighted by Crippen LogP contribution is 2.16. The van der Waals surface area contributed by atoms with Crippen molar-refractivity contribution in [2.45, 2.75) is 26.4 Å². The molecular formula is C16H20N2O3. The van der Waals surface area contributed by atoms with Crippen LogP contribution in [0.25, 0.3) is 0 Å². The molecule has 2 aromatic rings. The van der Waals surface area contributed by atoms with Gasteiger partial charge in [0.25, 0.3) is 0 Å². The van der Waals surface area contributed by atoms with Gasteiger partial charge in [0.1, 0.15) is 0 Å². The van der Waals surface area contributed by atoms with Gasteiger partial charge in [-0.1, -0.05) is 6.07 Å². The Morgan fingerprint density at radius 1 is 1.29 bits per heavy atom. The summed E-state index contributed by atoms with van der Waals surface area (Å²) in [5.41, 5.74) is 3.78. The first-order valence-corrected chi connectivity index (χ1v) is 6.88. The molecule has 21 heavy (non-hydrogen) atoms. The molecule has 1 aromatic heterocycles. The molecule has 0 spiro atoms. The molecule has 0 bridgehead atoms. The van der Waals surface area contributed by atoms with E-state index in [-0.39, 0.29) is 6.03 Å². The summed E-state index contributed by atoms with van der Waals surface area (Å²) in [5.74, 6) is 0. The number of hydrogen-bond acceptors (Lipinski definition) is 3. The maximum atomic E-state index is 11.8. The van der Waals surface area contributed by atoms with E-state index in [4.69, 9.17) is 4.42 Å². The number of urea groups is 1. The average Bonchev–Trinajstić information content (AvgIpc) is 2.97. The molecule has 1 aromatic carbocycles. The van der Waals surface area contributed by atoms with Gasteiger partial charge in [0.05, 0.1) is 18.6 Å². The lowest BCUT2D eigenvalue weighted by molar-refractivity contribution is 0.166. The summed E-state index contributed by atoms with van der Waals surface area (Å²) >= 11 is 0. The number of aliphatic hydroxyl groups is 1. The van der Waals surface area contributed by atoms with Crippen LogP contribution in [0.3, 0.4) is 0 Å². The third-order valence-electron chi connectivity index (χ3n) is 3.40. The van der Waals surface area contributed by atoms with E-state index in [1.807, 2.05) is 32.0 Å². The van der Waals surface area contributed by atoms with Crippen LogP contribution < -0.4 is 10.6 Å². The van der Waals surface area contributed by atoms with E-state index < -0.39 is 6.10 Å². The second-order valence-electron chi connectivity index (χ2n) is 5.04. The van der Waals surface area contributed by atoms with Crippen molar-refractivity contribution in [3.05, 3.63) is 53.5 Å². The van der Waals surface area contributed by atoms with E-state index >= 15 is 0 Å². The third-order valence-corrected chi connectivity index (χ3v) is 3.40. The van der Waals surface area contributed by atoms with Crippen LogP contribution in [0, 0.1) is 13.8 Å². The number of aliphatic hydroxyl groups excluding tert-OH is 1. The molecule has 0 fully saturated rings. The first-order valence-electron chi connectivity index (χ1n) is 6.88. The summed E-state index contributed by atoms with van der Waals surface area (Å²) < 4.78 is 4.90. The molecule has 0 aliphatic rings. The normalized spacial score (nSPS) is 12.0. The summed E-state index contributed by atoms with van der Waals surface area (Å²) in [5, 5.41) is 15.3. The zero-order valence-corrected chi connectivity index (χ0v) is 12.2. The van der Waals surface area contributed by atoms with Gasteiger partial charge in [0.15, 0.2) is 0 Å². The molecule has 0 saturated carbocycles. The maximum Gasteiger partial charge on any atom is 0.319 e. The highest BCUT2D eigenvalue weighted by atomic mass is 16.3. The van der Waals surface area contributed by atoms with Crippen molar-refractivity contribution >= 4 is 11.7 Å². The molecule has 2 rings (SSSR count). The average molecular weight is 288 g/mol.